The summed E-state index contributed by atoms with van der Waals surface area (Å²) in [5.74, 6) is -3.32. The van der Waals surface area contributed by atoms with Gasteiger partial charge in [0.2, 0.25) is 0 Å². The number of aliphatic hydroxyl groups excluding tert-OH is 1. The molecule has 0 bridgehead atoms. The van der Waals surface area contributed by atoms with Crippen LogP contribution in [-0.4, -0.2) is 76.3 Å². The van der Waals surface area contributed by atoms with Crippen molar-refractivity contribution in [2.75, 3.05) is 13.7 Å². The number of methoxy groups -OCH3 is 1. The molecule has 0 unspecified atom stereocenters. The lowest BCUT2D eigenvalue weighted by atomic mass is 9.88. The fraction of sp³-hybridized carbons (Fsp3) is 0.750. The largest absolute Gasteiger partial charge is 0.441 e. The van der Waals surface area contributed by atoms with Crippen LogP contribution in [0.25, 0.3) is 0 Å². The Morgan fingerprint density at radius 1 is 1.33 bits per heavy atom. The minimum Gasteiger partial charge on any atom is -0.441 e. The number of hydrogen-bond donors (Lipinski definition) is 2. The van der Waals surface area contributed by atoms with E-state index in [0.29, 0.717) is 12.8 Å². The number of carbonyl (C=O) groups excluding carboxylic acids is 3. The highest BCUT2D eigenvalue weighted by Crippen LogP contribution is 2.38. The Morgan fingerprint density at radius 3 is 2.50 bits per heavy atom. The Hall–Kier alpha value is -1.33. The summed E-state index contributed by atoms with van der Waals surface area (Å²) < 4.78 is 16.4. The number of aliphatic hydroxyl groups is 2. The maximum Gasteiger partial charge on any atom is 0.417 e. The number of halogens is 1. The number of nitrogens with zero attached hydrogens (tertiary/aromatic N) is 1. The zero-order valence-electron chi connectivity index (χ0n) is 17.9. The summed E-state index contributed by atoms with van der Waals surface area (Å²) in [5, 5.41) is 19.9. The molecule has 0 spiro atoms. The van der Waals surface area contributed by atoms with Crippen LogP contribution in [0.2, 0.25) is 0 Å². The normalized spacial score (nSPS) is 29.8. The van der Waals surface area contributed by atoms with E-state index in [0.717, 1.165) is 11.0 Å². The van der Waals surface area contributed by atoms with Gasteiger partial charge in [-0.2, -0.15) is 0 Å². The summed E-state index contributed by atoms with van der Waals surface area (Å²) in [4.78, 5) is 39.4. The first-order valence-corrected chi connectivity index (χ1v) is 10.7. The lowest BCUT2D eigenvalue weighted by Gasteiger charge is -2.38. The number of imide groups is 1. The summed E-state index contributed by atoms with van der Waals surface area (Å²) in [6.45, 7) is 7.10. The third-order valence-corrected chi connectivity index (χ3v) is 6.20. The predicted octanol–water partition coefficient (Wildman–Crippen LogP) is 1.88. The van der Waals surface area contributed by atoms with E-state index in [9.17, 15) is 19.5 Å². The molecular weight excluding hydrogens is 462 g/mol. The van der Waals surface area contributed by atoms with Crippen molar-refractivity contribution in [2.24, 2.45) is 5.92 Å². The second kappa shape index (κ2) is 9.44. The molecule has 2 amide bonds. The lowest BCUT2D eigenvalue weighted by Crippen LogP contribution is -2.58. The molecule has 10 heteroatoms. The van der Waals surface area contributed by atoms with E-state index >= 15 is 0 Å². The number of ether oxygens (including phenoxy) is 3. The second-order valence-electron chi connectivity index (χ2n) is 8.42. The maximum absolute atomic E-state index is 13.3. The Kier molecular flexibility index (Phi) is 7.84. The van der Waals surface area contributed by atoms with E-state index in [4.69, 9.17) is 19.3 Å². The molecule has 0 aromatic rings. The predicted molar refractivity (Wildman–Crippen MR) is 110 cm³/mol. The molecule has 1 fully saturated rings. The fourth-order valence-corrected chi connectivity index (χ4v) is 4.61. The van der Waals surface area contributed by atoms with Gasteiger partial charge >= 0.3 is 6.09 Å². The van der Waals surface area contributed by atoms with Gasteiger partial charge in [0.25, 0.3) is 5.91 Å². The van der Waals surface area contributed by atoms with Gasteiger partial charge in [0.15, 0.2) is 23.8 Å². The van der Waals surface area contributed by atoms with E-state index < -0.39 is 47.4 Å². The van der Waals surface area contributed by atoms with Crippen LogP contribution < -0.4 is 0 Å². The molecule has 1 saturated heterocycles. The fourth-order valence-electron chi connectivity index (χ4n) is 4.09. The quantitative estimate of drug-likeness (QED) is 0.493. The smallest absolute Gasteiger partial charge is 0.417 e. The van der Waals surface area contributed by atoms with Gasteiger partial charge in [-0.1, -0.05) is 13.8 Å². The zero-order chi connectivity index (χ0) is 22.9. The van der Waals surface area contributed by atoms with Crippen molar-refractivity contribution in [2.45, 2.75) is 76.6 Å². The first kappa shape index (κ1) is 24.9. The summed E-state index contributed by atoms with van der Waals surface area (Å²) in [6, 6.07) is -0.570. The Balaban J connectivity index is 2.33. The first-order valence-electron chi connectivity index (χ1n) is 9.91. The summed E-state index contributed by atoms with van der Waals surface area (Å²) in [5.41, 5.74) is -0.912. The third-order valence-electron chi connectivity index (χ3n) is 5.35. The van der Waals surface area contributed by atoms with Gasteiger partial charge in [-0.15, -0.1) is 0 Å². The van der Waals surface area contributed by atoms with Gasteiger partial charge in [-0.05, 0) is 54.6 Å². The van der Waals surface area contributed by atoms with E-state index in [1.165, 1.54) is 7.11 Å². The van der Waals surface area contributed by atoms with Crippen molar-refractivity contribution in [3.8, 4) is 0 Å². The zero-order valence-corrected chi connectivity index (χ0v) is 19.5. The molecule has 0 aromatic heterocycles. The number of unbranched alkanes of at least 4 members (excludes halogenated alkanes) is 1. The molecule has 2 aliphatic rings. The molecule has 0 aromatic carbocycles. The van der Waals surface area contributed by atoms with Crippen LogP contribution in [0, 0.1) is 5.92 Å². The molecule has 2 aliphatic heterocycles. The van der Waals surface area contributed by atoms with Gasteiger partial charge in [-0.3, -0.25) is 9.59 Å². The summed E-state index contributed by atoms with van der Waals surface area (Å²) in [6.07, 6.45) is -1.63. The SMILES string of the molecule is CO[C@@H](C(=O)N1C(=O)OC(C)(C)[C@H]1C(C)C)[C@@H]1O[C@@](O)(CCCCO)C(Br)=CC1=O. The lowest BCUT2D eigenvalue weighted by molar-refractivity contribution is -0.227. The molecule has 30 heavy (non-hydrogen) atoms. The number of ketones is 1. The molecule has 2 rings (SSSR count). The molecule has 9 nitrogen and oxygen atoms in total. The van der Waals surface area contributed by atoms with Gasteiger partial charge in [0.1, 0.15) is 5.60 Å². The molecule has 2 N–H and O–H groups in total. The number of cyclic esters (lactones) is 1. The van der Waals surface area contributed by atoms with E-state index in [1.54, 1.807) is 13.8 Å². The number of rotatable bonds is 8. The molecule has 0 saturated carbocycles. The van der Waals surface area contributed by atoms with Gasteiger partial charge in [-0.25, -0.2) is 9.69 Å². The number of carbonyl (C=O) groups is 3. The summed E-state index contributed by atoms with van der Waals surface area (Å²) in [7, 11) is 1.23. The molecule has 2 heterocycles. The van der Waals surface area contributed by atoms with Crippen molar-refractivity contribution in [1.29, 1.82) is 0 Å². The van der Waals surface area contributed by atoms with Crippen molar-refractivity contribution in [3.05, 3.63) is 10.6 Å². The molecule has 170 valence electrons. The highest BCUT2D eigenvalue weighted by atomic mass is 79.9. The van der Waals surface area contributed by atoms with Crippen LogP contribution in [-0.2, 0) is 23.8 Å². The van der Waals surface area contributed by atoms with Crippen LogP contribution >= 0.6 is 15.9 Å². The standard InChI is InChI=1S/C20H30BrNO8/c1-11(2)16-19(3,4)30-18(26)22(16)17(25)15(28-5)14-12(24)10-13(21)20(27,29-14)8-6-7-9-23/h10-11,14-16,23,27H,6-9H2,1-5H3/t14-,15-,16-,20+/m1/s1. The van der Waals surface area contributed by atoms with E-state index in [-0.39, 0.29) is 23.4 Å². The van der Waals surface area contributed by atoms with Crippen molar-refractivity contribution in [3.63, 3.8) is 0 Å². The van der Waals surface area contributed by atoms with Crippen LogP contribution in [0.1, 0.15) is 47.0 Å². The Bertz CT molecular complexity index is 722. The van der Waals surface area contributed by atoms with Crippen LogP contribution in [0.4, 0.5) is 4.79 Å². The topological polar surface area (TPSA) is 123 Å². The van der Waals surface area contributed by atoms with Gasteiger partial charge in [0.05, 0.1) is 10.5 Å². The Morgan fingerprint density at radius 2 is 1.97 bits per heavy atom. The third kappa shape index (κ3) is 4.77. The highest BCUT2D eigenvalue weighted by Gasteiger charge is 2.55. The average molecular weight is 492 g/mol. The maximum atomic E-state index is 13.3. The average Bonchev–Trinajstić information content (AvgIpc) is 2.88. The monoisotopic (exact) mass is 491 g/mol. The summed E-state index contributed by atoms with van der Waals surface area (Å²) >= 11 is 3.15. The molecule has 0 radical (unpaired) electrons. The number of amides is 2. The van der Waals surface area contributed by atoms with Crippen molar-refractivity contribution in [1.82, 2.24) is 4.90 Å². The highest BCUT2D eigenvalue weighted by molar-refractivity contribution is 9.11. The first-order chi connectivity index (χ1) is 13.9. The second-order valence-corrected chi connectivity index (χ2v) is 9.28. The number of hydrogen-bond acceptors (Lipinski definition) is 8. The van der Waals surface area contributed by atoms with Crippen LogP contribution in [0.15, 0.2) is 10.6 Å². The van der Waals surface area contributed by atoms with Crippen LogP contribution in [0.5, 0.6) is 0 Å². The molecular formula is C20H30BrNO8. The molecule has 0 aliphatic carbocycles. The van der Waals surface area contributed by atoms with Crippen LogP contribution in [0.3, 0.4) is 0 Å². The van der Waals surface area contributed by atoms with Crippen molar-refractivity contribution < 1.29 is 38.8 Å². The minimum absolute atomic E-state index is 0.0532. The van der Waals surface area contributed by atoms with Gasteiger partial charge < -0.3 is 24.4 Å². The van der Waals surface area contributed by atoms with Crippen molar-refractivity contribution >= 4 is 33.7 Å². The van der Waals surface area contributed by atoms with E-state index in [2.05, 4.69) is 15.9 Å². The molecule has 4 atom stereocenters. The van der Waals surface area contributed by atoms with E-state index in [1.807, 2.05) is 13.8 Å². The van der Waals surface area contributed by atoms with Gasteiger partial charge in [0, 0.05) is 20.1 Å². The Labute approximate surface area is 184 Å². The minimum atomic E-state index is -1.85.